The highest BCUT2D eigenvalue weighted by atomic mass is 127. The molecule has 1 aromatic heterocycles. The Morgan fingerprint density at radius 3 is 2.35 bits per heavy atom. The van der Waals surface area contributed by atoms with E-state index < -0.39 is 0 Å². The van der Waals surface area contributed by atoms with Crippen molar-refractivity contribution in [1.82, 2.24) is 20.9 Å². The van der Waals surface area contributed by atoms with Crippen LogP contribution in [-0.2, 0) is 9.59 Å². The van der Waals surface area contributed by atoms with Crippen LogP contribution < -0.4 is 16.0 Å². The third-order valence-corrected chi connectivity index (χ3v) is 6.96. The van der Waals surface area contributed by atoms with Crippen molar-refractivity contribution in [3.8, 4) is 0 Å². The van der Waals surface area contributed by atoms with Gasteiger partial charge in [0.1, 0.15) is 0 Å². The molecule has 1 aromatic rings. The van der Waals surface area contributed by atoms with Crippen molar-refractivity contribution in [2.24, 2.45) is 28.7 Å². The summed E-state index contributed by atoms with van der Waals surface area (Å²) in [5, 5.41) is 11.1. The van der Waals surface area contributed by atoms with Gasteiger partial charge >= 0.3 is 0 Å². The van der Waals surface area contributed by atoms with Crippen LogP contribution in [0.4, 0.5) is 0 Å². The van der Waals surface area contributed by atoms with Crippen molar-refractivity contribution >= 4 is 59.0 Å². The smallest absolute Gasteiger partial charge is 0.261 e. The van der Waals surface area contributed by atoms with Gasteiger partial charge in [0.2, 0.25) is 11.8 Å². The first kappa shape index (κ1) is 23.7. The zero-order chi connectivity index (χ0) is 21.1. The number of amides is 3. The fourth-order valence-corrected chi connectivity index (χ4v) is 5.32. The number of imide groups is 1. The molecule has 3 amide bonds. The maximum absolute atomic E-state index is 12.7. The molecule has 0 aromatic carbocycles. The third kappa shape index (κ3) is 4.94. The molecule has 0 radical (unpaired) electrons. The average molecular weight is 557 g/mol. The van der Waals surface area contributed by atoms with Crippen LogP contribution in [0, 0.1) is 23.7 Å². The summed E-state index contributed by atoms with van der Waals surface area (Å²) in [5.74, 6) is 0.708. The van der Waals surface area contributed by atoms with Crippen LogP contribution in [0.2, 0.25) is 0 Å². The lowest BCUT2D eigenvalue weighted by atomic mass is 9.85. The first-order valence-corrected chi connectivity index (χ1v) is 11.3. The van der Waals surface area contributed by atoms with Gasteiger partial charge in [-0.05, 0) is 36.1 Å². The minimum absolute atomic E-state index is 0. The van der Waals surface area contributed by atoms with E-state index in [2.05, 4.69) is 33.1 Å². The van der Waals surface area contributed by atoms with Gasteiger partial charge in [-0.1, -0.05) is 18.2 Å². The van der Waals surface area contributed by atoms with Crippen LogP contribution in [0.3, 0.4) is 0 Å². The highest BCUT2D eigenvalue weighted by Gasteiger charge is 2.58. The first-order valence-electron chi connectivity index (χ1n) is 10.4. The van der Waals surface area contributed by atoms with E-state index in [0.717, 1.165) is 12.8 Å². The van der Waals surface area contributed by atoms with E-state index in [0.29, 0.717) is 37.0 Å². The number of nitrogens with one attached hydrogen (secondary N) is 3. The van der Waals surface area contributed by atoms with Gasteiger partial charge in [-0.3, -0.25) is 24.3 Å². The molecule has 2 bridgehead atoms. The lowest BCUT2D eigenvalue weighted by molar-refractivity contribution is -0.140. The minimum Gasteiger partial charge on any atom is -0.356 e. The van der Waals surface area contributed by atoms with Crippen LogP contribution in [0.5, 0.6) is 0 Å². The molecule has 1 saturated carbocycles. The fourth-order valence-electron chi connectivity index (χ4n) is 4.68. The zero-order valence-electron chi connectivity index (χ0n) is 17.4. The van der Waals surface area contributed by atoms with Gasteiger partial charge in [-0.2, -0.15) is 0 Å². The summed E-state index contributed by atoms with van der Waals surface area (Å²) in [6.07, 6.45) is 5.91. The van der Waals surface area contributed by atoms with E-state index in [1.165, 1.54) is 16.2 Å². The molecule has 3 N–H and O–H groups in total. The number of guanidine groups is 1. The van der Waals surface area contributed by atoms with Crippen molar-refractivity contribution in [1.29, 1.82) is 0 Å². The number of aliphatic imine (C=N–C) groups is 1. The van der Waals surface area contributed by atoms with Crippen molar-refractivity contribution in [3.05, 3.63) is 34.5 Å². The molecule has 1 saturated heterocycles. The first-order chi connectivity index (χ1) is 14.6. The standard InChI is InChI=1S/C21H27N5O3S.HI/c1-22-21(24-8-3-7-23-18(27)15-4-2-11-30-15)25-9-10-26-19(28)16-13-5-6-14(12-13)17(16)20(26)29;/h2,4-6,11,13-14,16-17H,3,7-10,12H2,1H3,(H,23,27)(H2,22,24,25);1H. The van der Waals surface area contributed by atoms with Gasteiger partial charge in [-0.25, -0.2) is 0 Å². The summed E-state index contributed by atoms with van der Waals surface area (Å²) < 4.78 is 0. The number of carbonyl (C=O) groups excluding carboxylic acids is 3. The second-order valence-electron chi connectivity index (χ2n) is 7.84. The van der Waals surface area contributed by atoms with Gasteiger partial charge in [-0.15, -0.1) is 35.3 Å². The molecular formula is C21H28IN5O3S. The molecule has 2 heterocycles. The molecule has 10 heteroatoms. The largest absolute Gasteiger partial charge is 0.356 e. The maximum Gasteiger partial charge on any atom is 0.261 e. The van der Waals surface area contributed by atoms with Gasteiger partial charge in [0.15, 0.2) is 5.96 Å². The molecule has 31 heavy (non-hydrogen) atoms. The Balaban J connectivity index is 0.00000272. The van der Waals surface area contributed by atoms with E-state index in [1.54, 1.807) is 13.1 Å². The van der Waals surface area contributed by atoms with Gasteiger partial charge in [0.05, 0.1) is 16.7 Å². The Labute approximate surface area is 203 Å². The average Bonchev–Trinajstić information content (AvgIpc) is 3.53. The lowest BCUT2D eigenvalue weighted by Crippen LogP contribution is -2.44. The minimum atomic E-state index is -0.144. The van der Waals surface area contributed by atoms with Crippen molar-refractivity contribution in [2.45, 2.75) is 12.8 Å². The summed E-state index contributed by atoms with van der Waals surface area (Å²) in [5.41, 5.74) is 0. The normalized spacial score (nSPS) is 26.1. The molecule has 2 fully saturated rings. The van der Waals surface area contributed by atoms with E-state index in [-0.39, 0.29) is 65.4 Å². The molecule has 4 atom stereocenters. The van der Waals surface area contributed by atoms with Gasteiger partial charge in [0.25, 0.3) is 5.91 Å². The fraction of sp³-hybridized carbons (Fsp3) is 0.524. The van der Waals surface area contributed by atoms with Crippen LogP contribution in [0.1, 0.15) is 22.5 Å². The molecule has 168 valence electrons. The number of fused-ring (bicyclic) bond motifs is 5. The number of rotatable bonds is 8. The maximum atomic E-state index is 12.7. The lowest BCUT2D eigenvalue weighted by Gasteiger charge is -2.18. The number of thiophene rings is 1. The molecular weight excluding hydrogens is 529 g/mol. The quantitative estimate of drug-likeness (QED) is 0.112. The number of halogens is 1. The van der Waals surface area contributed by atoms with E-state index in [1.807, 2.05) is 11.4 Å². The number of carbonyl (C=O) groups is 3. The number of allylic oxidation sites excluding steroid dienone is 2. The van der Waals surface area contributed by atoms with Crippen LogP contribution in [0.15, 0.2) is 34.7 Å². The highest BCUT2D eigenvalue weighted by molar-refractivity contribution is 14.0. The molecule has 0 spiro atoms. The summed E-state index contributed by atoms with van der Waals surface area (Å²) in [4.78, 5) is 43.5. The van der Waals surface area contributed by atoms with Crippen molar-refractivity contribution < 1.29 is 14.4 Å². The Kier molecular flexibility index (Phi) is 8.09. The zero-order valence-corrected chi connectivity index (χ0v) is 20.5. The predicted molar refractivity (Wildman–Crippen MR) is 130 cm³/mol. The van der Waals surface area contributed by atoms with Crippen molar-refractivity contribution in [2.75, 3.05) is 33.2 Å². The number of hydrogen-bond donors (Lipinski definition) is 3. The Hall–Kier alpha value is -1.95. The summed E-state index contributed by atoms with van der Waals surface area (Å²) in [6.45, 7) is 2.01. The molecule has 4 rings (SSSR count). The van der Waals surface area contributed by atoms with E-state index >= 15 is 0 Å². The van der Waals surface area contributed by atoms with Gasteiger partial charge in [0, 0.05) is 33.2 Å². The molecule has 2 aliphatic carbocycles. The highest BCUT2D eigenvalue weighted by Crippen LogP contribution is 2.52. The van der Waals surface area contributed by atoms with E-state index in [4.69, 9.17) is 0 Å². The molecule has 4 unspecified atom stereocenters. The van der Waals surface area contributed by atoms with Crippen LogP contribution in [0.25, 0.3) is 0 Å². The third-order valence-electron chi connectivity index (χ3n) is 6.09. The summed E-state index contributed by atoms with van der Waals surface area (Å²) in [7, 11) is 1.67. The number of hydrogen-bond acceptors (Lipinski definition) is 5. The monoisotopic (exact) mass is 557 g/mol. The van der Waals surface area contributed by atoms with Crippen LogP contribution >= 0.6 is 35.3 Å². The molecule has 3 aliphatic rings. The van der Waals surface area contributed by atoms with Gasteiger partial charge < -0.3 is 16.0 Å². The topological polar surface area (TPSA) is 103 Å². The predicted octanol–water partition coefficient (Wildman–Crippen LogP) is 1.46. The van der Waals surface area contributed by atoms with Crippen molar-refractivity contribution in [3.63, 3.8) is 0 Å². The Morgan fingerprint density at radius 1 is 1.10 bits per heavy atom. The number of likely N-dealkylation sites (tertiary alicyclic amines) is 1. The second kappa shape index (κ2) is 10.6. The van der Waals surface area contributed by atoms with E-state index in [9.17, 15) is 14.4 Å². The van der Waals surface area contributed by atoms with Crippen LogP contribution in [-0.4, -0.2) is 61.8 Å². The summed E-state index contributed by atoms with van der Waals surface area (Å²) in [6, 6.07) is 3.65. The Bertz CT molecular complexity index is 842. The number of nitrogens with zero attached hydrogens (tertiary/aromatic N) is 2. The second-order valence-corrected chi connectivity index (χ2v) is 8.79. The Morgan fingerprint density at radius 2 is 1.74 bits per heavy atom. The molecule has 8 nitrogen and oxygen atoms in total. The SMILES string of the molecule is CN=C(NCCCNC(=O)c1cccs1)NCCN1C(=O)C2C3C=CC(C3)C2C1=O.I. The summed E-state index contributed by atoms with van der Waals surface area (Å²) >= 11 is 1.42. The molecule has 1 aliphatic heterocycles.